The van der Waals surface area contributed by atoms with Gasteiger partial charge in [-0.05, 0) is 19.4 Å². The summed E-state index contributed by atoms with van der Waals surface area (Å²) in [6, 6.07) is 9.33. The van der Waals surface area contributed by atoms with Crippen LogP contribution in [0.15, 0.2) is 30.3 Å². The molecule has 4 heteroatoms. The van der Waals surface area contributed by atoms with E-state index < -0.39 is 5.54 Å². The van der Waals surface area contributed by atoms with Crippen molar-refractivity contribution in [2.75, 3.05) is 19.8 Å². The SMILES string of the molecule is CCOCCNC(=O)C(C)(N)c1ccccc1. The van der Waals surface area contributed by atoms with Gasteiger partial charge in [0.05, 0.1) is 6.61 Å². The van der Waals surface area contributed by atoms with Crippen molar-refractivity contribution in [2.24, 2.45) is 5.73 Å². The first-order chi connectivity index (χ1) is 8.09. The lowest BCUT2D eigenvalue weighted by Gasteiger charge is -2.24. The maximum Gasteiger partial charge on any atom is 0.244 e. The number of carbonyl (C=O) groups is 1. The Bertz CT molecular complexity index is 350. The van der Waals surface area contributed by atoms with E-state index in [2.05, 4.69) is 5.32 Å². The molecule has 1 rings (SSSR count). The Kier molecular flexibility index (Phi) is 5.12. The predicted octanol–water partition coefficient (Wildman–Crippen LogP) is 1.01. The van der Waals surface area contributed by atoms with E-state index in [0.29, 0.717) is 19.8 Å². The van der Waals surface area contributed by atoms with Gasteiger partial charge in [-0.25, -0.2) is 0 Å². The molecule has 0 aliphatic rings. The molecule has 17 heavy (non-hydrogen) atoms. The molecule has 0 aromatic heterocycles. The highest BCUT2D eigenvalue weighted by Crippen LogP contribution is 2.16. The van der Waals surface area contributed by atoms with Crippen LogP contribution in [0.25, 0.3) is 0 Å². The minimum absolute atomic E-state index is 0.191. The fourth-order valence-electron chi connectivity index (χ4n) is 1.48. The van der Waals surface area contributed by atoms with Crippen LogP contribution in [0.5, 0.6) is 0 Å². The Hall–Kier alpha value is -1.39. The van der Waals surface area contributed by atoms with Gasteiger partial charge in [-0.3, -0.25) is 4.79 Å². The minimum Gasteiger partial charge on any atom is -0.380 e. The highest BCUT2D eigenvalue weighted by Gasteiger charge is 2.29. The lowest BCUT2D eigenvalue weighted by molar-refractivity contribution is -0.126. The zero-order chi connectivity index (χ0) is 12.7. The van der Waals surface area contributed by atoms with Gasteiger partial charge in [0.15, 0.2) is 0 Å². The number of carbonyl (C=O) groups excluding carboxylic acids is 1. The molecular weight excluding hydrogens is 216 g/mol. The van der Waals surface area contributed by atoms with E-state index in [9.17, 15) is 4.79 Å². The van der Waals surface area contributed by atoms with Crippen molar-refractivity contribution < 1.29 is 9.53 Å². The smallest absolute Gasteiger partial charge is 0.244 e. The summed E-state index contributed by atoms with van der Waals surface area (Å²) >= 11 is 0. The Morgan fingerprint density at radius 2 is 2.06 bits per heavy atom. The monoisotopic (exact) mass is 236 g/mol. The van der Waals surface area contributed by atoms with Crippen LogP contribution < -0.4 is 11.1 Å². The normalized spacial score (nSPS) is 14.1. The molecule has 0 fully saturated rings. The molecule has 1 aromatic carbocycles. The molecule has 0 radical (unpaired) electrons. The van der Waals surface area contributed by atoms with E-state index in [0.717, 1.165) is 5.56 Å². The molecule has 94 valence electrons. The molecular formula is C13H20N2O2. The second kappa shape index (κ2) is 6.37. The van der Waals surface area contributed by atoms with Crippen molar-refractivity contribution in [1.29, 1.82) is 0 Å². The molecule has 0 aliphatic heterocycles. The molecule has 1 amide bonds. The van der Waals surface area contributed by atoms with Crippen LogP contribution in [-0.2, 0) is 15.1 Å². The number of hydrogen-bond donors (Lipinski definition) is 2. The molecule has 0 bridgehead atoms. The van der Waals surface area contributed by atoms with Gasteiger partial charge >= 0.3 is 0 Å². The van der Waals surface area contributed by atoms with E-state index in [4.69, 9.17) is 10.5 Å². The molecule has 3 N–H and O–H groups in total. The third-order valence-electron chi connectivity index (χ3n) is 2.58. The third-order valence-corrected chi connectivity index (χ3v) is 2.58. The number of rotatable bonds is 6. The first-order valence-electron chi connectivity index (χ1n) is 5.79. The van der Waals surface area contributed by atoms with E-state index in [1.54, 1.807) is 6.92 Å². The van der Waals surface area contributed by atoms with Crippen molar-refractivity contribution in [2.45, 2.75) is 19.4 Å². The number of nitrogens with two attached hydrogens (primary N) is 1. The highest BCUT2D eigenvalue weighted by atomic mass is 16.5. The molecule has 0 aliphatic carbocycles. The van der Waals surface area contributed by atoms with Crippen LogP contribution in [0.1, 0.15) is 19.4 Å². The largest absolute Gasteiger partial charge is 0.380 e. The lowest BCUT2D eigenvalue weighted by atomic mass is 9.92. The second-order valence-corrected chi connectivity index (χ2v) is 4.02. The molecule has 1 aromatic rings. The van der Waals surface area contributed by atoms with Crippen LogP contribution >= 0.6 is 0 Å². The second-order valence-electron chi connectivity index (χ2n) is 4.02. The first-order valence-corrected chi connectivity index (χ1v) is 5.79. The van der Waals surface area contributed by atoms with Gasteiger partial charge in [0.25, 0.3) is 0 Å². The topological polar surface area (TPSA) is 64.3 Å². The summed E-state index contributed by atoms with van der Waals surface area (Å²) in [6.45, 7) is 5.25. The maximum atomic E-state index is 11.9. The molecule has 1 atom stereocenters. The van der Waals surface area contributed by atoms with E-state index in [-0.39, 0.29) is 5.91 Å². The van der Waals surface area contributed by atoms with E-state index in [1.807, 2.05) is 37.3 Å². The maximum absolute atomic E-state index is 11.9. The quantitative estimate of drug-likeness (QED) is 0.725. The van der Waals surface area contributed by atoms with Crippen molar-refractivity contribution in [3.05, 3.63) is 35.9 Å². The summed E-state index contributed by atoms with van der Waals surface area (Å²) in [5.74, 6) is -0.191. The zero-order valence-corrected chi connectivity index (χ0v) is 10.4. The minimum atomic E-state index is -1.01. The van der Waals surface area contributed by atoms with E-state index in [1.165, 1.54) is 0 Å². The molecule has 0 saturated carbocycles. The summed E-state index contributed by atoms with van der Waals surface area (Å²) in [5.41, 5.74) is 5.84. The Balaban J connectivity index is 2.55. The van der Waals surface area contributed by atoms with Gasteiger partial charge < -0.3 is 15.8 Å². The molecule has 0 spiro atoms. The van der Waals surface area contributed by atoms with Gasteiger partial charge in [-0.2, -0.15) is 0 Å². The van der Waals surface area contributed by atoms with E-state index >= 15 is 0 Å². The highest BCUT2D eigenvalue weighted by molar-refractivity contribution is 5.86. The number of amides is 1. The van der Waals surface area contributed by atoms with Crippen molar-refractivity contribution >= 4 is 5.91 Å². The van der Waals surface area contributed by atoms with Crippen LogP contribution in [0.3, 0.4) is 0 Å². The number of ether oxygens (including phenoxy) is 1. The Morgan fingerprint density at radius 3 is 2.65 bits per heavy atom. The lowest BCUT2D eigenvalue weighted by Crippen LogP contribution is -2.49. The fourth-order valence-corrected chi connectivity index (χ4v) is 1.48. The first kappa shape index (κ1) is 13.7. The summed E-state index contributed by atoms with van der Waals surface area (Å²) in [4.78, 5) is 11.9. The molecule has 0 heterocycles. The molecule has 1 unspecified atom stereocenters. The molecule has 0 saturated heterocycles. The van der Waals surface area contributed by atoms with Gasteiger partial charge in [-0.1, -0.05) is 30.3 Å². The van der Waals surface area contributed by atoms with Gasteiger partial charge in [-0.15, -0.1) is 0 Å². The van der Waals surface area contributed by atoms with Crippen molar-refractivity contribution in [3.8, 4) is 0 Å². The van der Waals surface area contributed by atoms with Gasteiger partial charge in [0, 0.05) is 13.2 Å². The molecule has 4 nitrogen and oxygen atoms in total. The number of nitrogens with one attached hydrogen (secondary N) is 1. The summed E-state index contributed by atoms with van der Waals surface area (Å²) in [7, 11) is 0. The van der Waals surface area contributed by atoms with Crippen LogP contribution in [-0.4, -0.2) is 25.7 Å². The van der Waals surface area contributed by atoms with Crippen molar-refractivity contribution in [1.82, 2.24) is 5.32 Å². The fraction of sp³-hybridized carbons (Fsp3) is 0.462. The van der Waals surface area contributed by atoms with Crippen LogP contribution in [0, 0.1) is 0 Å². The summed E-state index contributed by atoms with van der Waals surface area (Å²) in [6.07, 6.45) is 0. The van der Waals surface area contributed by atoms with Crippen LogP contribution in [0.2, 0.25) is 0 Å². The standard InChI is InChI=1S/C13H20N2O2/c1-3-17-10-9-15-12(16)13(2,14)11-7-5-4-6-8-11/h4-8H,3,9-10,14H2,1-2H3,(H,15,16). The Labute approximate surface area is 102 Å². The van der Waals surface area contributed by atoms with Crippen LogP contribution in [0.4, 0.5) is 0 Å². The number of hydrogen-bond acceptors (Lipinski definition) is 3. The number of benzene rings is 1. The average Bonchev–Trinajstić information content (AvgIpc) is 2.35. The zero-order valence-electron chi connectivity index (χ0n) is 10.4. The Morgan fingerprint density at radius 1 is 1.41 bits per heavy atom. The van der Waals surface area contributed by atoms with Gasteiger partial charge in [0.1, 0.15) is 5.54 Å². The third kappa shape index (κ3) is 3.84. The summed E-state index contributed by atoms with van der Waals surface area (Å²) in [5, 5.41) is 2.77. The van der Waals surface area contributed by atoms with Crippen molar-refractivity contribution in [3.63, 3.8) is 0 Å². The van der Waals surface area contributed by atoms with Gasteiger partial charge in [0.2, 0.25) is 5.91 Å². The average molecular weight is 236 g/mol. The summed E-state index contributed by atoms with van der Waals surface area (Å²) < 4.78 is 5.15. The predicted molar refractivity (Wildman–Crippen MR) is 67.5 cm³/mol.